The van der Waals surface area contributed by atoms with Gasteiger partial charge in [-0.25, -0.2) is 0 Å². The number of Topliss-reactive ketones (excluding diaryl/α,β-unsaturated/α-hetero) is 2. The summed E-state index contributed by atoms with van der Waals surface area (Å²) >= 11 is 2.22. The largest absolute Gasteiger partial charge is 0.384 e. The second kappa shape index (κ2) is 29.6. The lowest BCUT2D eigenvalue weighted by Gasteiger charge is -2.21. The fourth-order valence-corrected chi connectivity index (χ4v) is 6.69. The Labute approximate surface area is 297 Å². The van der Waals surface area contributed by atoms with Gasteiger partial charge in [-0.1, -0.05) is 74.9 Å². The van der Waals surface area contributed by atoms with Gasteiger partial charge >= 0.3 is 0 Å². The maximum atomic E-state index is 12.4. The van der Waals surface area contributed by atoms with Crippen molar-refractivity contribution in [1.82, 2.24) is 9.80 Å². The van der Waals surface area contributed by atoms with Crippen LogP contribution in [0.5, 0.6) is 0 Å². The molecule has 0 heterocycles. The van der Waals surface area contributed by atoms with Gasteiger partial charge in [0, 0.05) is 87.0 Å². The number of hydrogen-bond acceptors (Lipinski definition) is 10. The third-order valence-electron chi connectivity index (χ3n) is 7.87. The number of thioether (sulfide) groups is 2. The minimum Gasteiger partial charge on any atom is -0.384 e. The molecule has 0 saturated carbocycles. The van der Waals surface area contributed by atoms with Crippen LogP contribution < -0.4 is 0 Å². The summed E-state index contributed by atoms with van der Waals surface area (Å²) in [6, 6.07) is 0. The summed E-state index contributed by atoms with van der Waals surface area (Å²) in [6.45, 7) is 8.77. The van der Waals surface area contributed by atoms with Crippen LogP contribution in [0, 0.1) is 0 Å². The molecule has 2 amide bonds. The molecule has 0 atom stereocenters. The van der Waals surface area contributed by atoms with Crippen LogP contribution in [0.25, 0.3) is 0 Å². The standard InChI is InChI=1S/C36H60N2O8S2/c1-29(41)17-19-35(43)47-33(21-25-45-5)31(3)37(27-39)23-15-13-11-9-7-8-10-12-14-16-24-38(28-40)32(4)34(22-26-46-6)48-36(44)20-18-30(2)42/h27-28H,7-26H2,1-6H3/b33-31-,34-32-. The summed E-state index contributed by atoms with van der Waals surface area (Å²) in [5.41, 5.74) is 1.54. The number of methoxy groups -OCH3 is 2. The molecule has 0 fully saturated rings. The Morgan fingerprint density at radius 3 is 1.08 bits per heavy atom. The first-order valence-corrected chi connectivity index (χ1v) is 18.8. The van der Waals surface area contributed by atoms with Crippen molar-refractivity contribution in [2.45, 2.75) is 130 Å². The molecule has 10 nitrogen and oxygen atoms in total. The number of unbranched alkanes of at least 4 members (excludes halogenated alkanes) is 9. The topological polar surface area (TPSA) is 127 Å². The van der Waals surface area contributed by atoms with E-state index in [1.54, 1.807) is 24.0 Å². The summed E-state index contributed by atoms with van der Waals surface area (Å²) < 4.78 is 10.4. The fourth-order valence-electron chi connectivity index (χ4n) is 4.83. The lowest BCUT2D eigenvalue weighted by atomic mass is 10.1. The quantitative estimate of drug-likeness (QED) is 0.0524. The molecule has 0 rings (SSSR count). The van der Waals surface area contributed by atoms with Crippen LogP contribution in [-0.2, 0) is 38.2 Å². The molecule has 0 N–H and O–H groups in total. The molecule has 274 valence electrons. The van der Waals surface area contributed by atoms with E-state index in [1.807, 2.05) is 13.8 Å². The number of carbonyl (C=O) groups is 6. The average Bonchev–Trinajstić information content (AvgIpc) is 3.06. The zero-order valence-electron chi connectivity index (χ0n) is 30.3. The molecule has 0 aromatic rings. The highest BCUT2D eigenvalue weighted by Crippen LogP contribution is 2.29. The van der Waals surface area contributed by atoms with E-state index in [-0.39, 0.29) is 47.5 Å². The minimum absolute atomic E-state index is 0.0154. The Morgan fingerprint density at radius 1 is 0.500 bits per heavy atom. The maximum Gasteiger partial charge on any atom is 0.213 e. The van der Waals surface area contributed by atoms with Crippen molar-refractivity contribution >= 4 is 58.1 Å². The Bertz CT molecular complexity index is 979. The average molecular weight is 713 g/mol. The first kappa shape index (κ1) is 45.7. The molecule has 48 heavy (non-hydrogen) atoms. The number of rotatable bonds is 31. The predicted molar refractivity (Wildman–Crippen MR) is 195 cm³/mol. The maximum absolute atomic E-state index is 12.4. The van der Waals surface area contributed by atoms with Crippen LogP contribution >= 0.6 is 23.5 Å². The van der Waals surface area contributed by atoms with Crippen molar-refractivity contribution in [2.75, 3.05) is 40.5 Å². The summed E-state index contributed by atoms with van der Waals surface area (Å²) in [4.78, 5) is 75.9. The molecular formula is C36H60N2O8S2. The Morgan fingerprint density at radius 2 is 0.812 bits per heavy atom. The van der Waals surface area contributed by atoms with Gasteiger partial charge in [-0.2, -0.15) is 0 Å². The lowest BCUT2D eigenvalue weighted by Crippen LogP contribution is -2.22. The van der Waals surface area contributed by atoms with E-state index in [0.29, 0.717) is 39.1 Å². The summed E-state index contributed by atoms with van der Waals surface area (Å²) in [5.74, 6) is -0.0308. The normalized spacial score (nSPS) is 12.2. The van der Waals surface area contributed by atoms with E-state index < -0.39 is 0 Å². The highest BCUT2D eigenvalue weighted by atomic mass is 32.2. The van der Waals surface area contributed by atoms with Crippen molar-refractivity contribution in [3.8, 4) is 0 Å². The van der Waals surface area contributed by atoms with Gasteiger partial charge in [0.15, 0.2) is 10.2 Å². The highest BCUT2D eigenvalue weighted by Gasteiger charge is 2.17. The molecule has 0 aliphatic carbocycles. The van der Waals surface area contributed by atoms with Crippen molar-refractivity contribution in [2.24, 2.45) is 0 Å². The SMILES string of the molecule is COCC/C(SC(=O)CCC(C)=O)=C(\C)N(C=O)CCCCCCCCCCCCN(C=O)/C(C)=C(/CCOC)SC(=O)CCC(C)=O. The van der Waals surface area contributed by atoms with Crippen molar-refractivity contribution < 1.29 is 38.2 Å². The lowest BCUT2D eigenvalue weighted by molar-refractivity contribution is -0.119. The van der Waals surface area contributed by atoms with Crippen LogP contribution in [0.2, 0.25) is 0 Å². The third kappa shape index (κ3) is 23.1. The Balaban J connectivity index is 4.48. The number of ether oxygens (including phenoxy) is 2. The van der Waals surface area contributed by atoms with Gasteiger partial charge in [0.25, 0.3) is 0 Å². The summed E-state index contributed by atoms with van der Waals surface area (Å²) in [5, 5.41) is -0.154. The van der Waals surface area contributed by atoms with Gasteiger partial charge in [0.1, 0.15) is 11.6 Å². The van der Waals surface area contributed by atoms with Crippen molar-refractivity contribution in [3.05, 3.63) is 21.2 Å². The van der Waals surface area contributed by atoms with Gasteiger partial charge in [-0.05, 0) is 40.5 Å². The van der Waals surface area contributed by atoms with Crippen LogP contribution in [0.1, 0.15) is 130 Å². The van der Waals surface area contributed by atoms with Crippen LogP contribution in [-0.4, -0.2) is 84.9 Å². The molecule has 0 saturated heterocycles. The van der Waals surface area contributed by atoms with E-state index in [4.69, 9.17) is 9.47 Å². The number of nitrogens with zero attached hydrogens (tertiary/aromatic N) is 2. The van der Waals surface area contributed by atoms with Gasteiger partial charge in [0.05, 0.1) is 13.2 Å². The van der Waals surface area contributed by atoms with Gasteiger partial charge in [-0.15, -0.1) is 0 Å². The molecule has 0 unspecified atom stereocenters. The molecule has 0 aromatic carbocycles. The third-order valence-corrected chi connectivity index (χ3v) is 10.2. The first-order chi connectivity index (χ1) is 23.0. The van der Waals surface area contributed by atoms with E-state index >= 15 is 0 Å². The molecule has 0 aromatic heterocycles. The predicted octanol–water partition coefficient (Wildman–Crippen LogP) is 7.60. The Hall–Kier alpha value is -2.28. The van der Waals surface area contributed by atoms with E-state index in [2.05, 4.69) is 0 Å². The minimum atomic E-state index is -0.0772. The first-order valence-electron chi connectivity index (χ1n) is 17.2. The van der Waals surface area contributed by atoms with Crippen LogP contribution in [0.3, 0.4) is 0 Å². The van der Waals surface area contributed by atoms with Crippen LogP contribution in [0.15, 0.2) is 21.2 Å². The molecule has 0 spiro atoms. The second-order valence-corrected chi connectivity index (χ2v) is 14.3. The molecule has 12 heteroatoms. The van der Waals surface area contributed by atoms with E-state index in [0.717, 1.165) is 122 Å². The Kier molecular flexibility index (Phi) is 28.2. The molecular weight excluding hydrogens is 653 g/mol. The van der Waals surface area contributed by atoms with Gasteiger partial charge in [-0.3, -0.25) is 19.2 Å². The number of carbonyl (C=O) groups excluding carboxylic acids is 6. The number of ketones is 2. The van der Waals surface area contributed by atoms with E-state index in [1.165, 1.54) is 13.8 Å². The molecule has 0 radical (unpaired) electrons. The zero-order valence-corrected chi connectivity index (χ0v) is 31.9. The summed E-state index contributed by atoms with van der Waals surface area (Å²) in [6.07, 6.45) is 14.2. The van der Waals surface area contributed by atoms with Gasteiger partial charge in [0.2, 0.25) is 12.8 Å². The number of amides is 2. The highest BCUT2D eigenvalue weighted by molar-refractivity contribution is 8.17. The molecule has 0 aliphatic rings. The monoisotopic (exact) mass is 712 g/mol. The van der Waals surface area contributed by atoms with Gasteiger partial charge < -0.3 is 28.9 Å². The van der Waals surface area contributed by atoms with Crippen molar-refractivity contribution in [1.29, 1.82) is 0 Å². The smallest absolute Gasteiger partial charge is 0.213 e. The van der Waals surface area contributed by atoms with Crippen molar-refractivity contribution in [3.63, 3.8) is 0 Å². The molecule has 0 aliphatic heterocycles. The molecule has 0 bridgehead atoms. The van der Waals surface area contributed by atoms with E-state index in [9.17, 15) is 28.8 Å². The summed E-state index contributed by atoms with van der Waals surface area (Å²) in [7, 11) is 3.20. The van der Waals surface area contributed by atoms with Crippen LogP contribution in [0.4, 0.5) is 0 Å². The number of allylic oxidation sites excluding steroid dienone is 2. The second-order valence-electron chi connectivity index (χ2n) is 12.0. The zero-order chi connectivity index (χ0) is 36.2. The number of hydrogen-bond donors (Lipinski definition) is 0. The fraction of sp³-hybridized carbons (Fsp3) is 0.722.